The summed E-state index contributed by atoms with van der Waals surface area (Å²) >= 11 is 0. The maximum atomic E-state index is 4.59. The van der Waals surface area contributed by atoms with E-state index in [9.17, 15) is 0 Å². The highest BCUT2D eigenvalue weighted by molar-refractivity contribution is 5.43. The number of H-pyrrole nitrogens is 1. The molecule has 1 aromatic carbocycles. The molecule has 3 heterocycles. The summed E-state index contributed by atoms with van der Waals surface area (Å²) in [6, 6.07) is 12.2. The lowest BCUT2D eigenvalue weighted by molar-refractivity contribution is 0.860. The lowest BCUT2D eigenvalue weighted by Crippen LogP contribution is -1.99. The van der Waals surface area contributed by atoms with E-state index in [0.29, 0.717) is 11.6 Å². The van der Waals surface area contributed by atoms with Gasteiger partial charge in [-0.25, -0.2) is 19.6 Å². The highest BCUT2D eigenvalue weighted by Gasteiger charge is 2.06. The third kappa shape index (κ3) is 2.94. The zero-order valence-corrected chi connectivity index (χ0v) is 13.2. The molecule has 3 aromatic heterocycles. The van der Waals surface area contributed by atoms with Gasteiger partial charge in [0.1, 0.15) is 0 Å². The van der Waals surface area contributed by atoms with Crippen molar-refractivity contribution in [1.82, 2.24) is 29.7 Å². The molecule has 0 bridgehead atoms. The van der Waals surface area contributed by atoms with E-state index in [0.717, 1.165) is 23.5 Å². The Morgan fingerprint density at radius 2 is 2.04 bits per heavy atom. The normalized spacial score (nSPS) is 10.9. The van der Waals surface area contributed by atoms with E-state index in [1.54, 1.807) is 18.6 Å². The zero-order chi connectivity index (χ0) is 16.4. The molecular formula is C18H16N6. The first-order chi connectivity index (χ1) is 11.8. The van der Waals surface area contributed by atoms with Crippen LogP contribution in [0.2, 0.25) is 0 Å². The lowest BCUT2D eigenvalue weighted by Gasteiger charge is -2.06. The molecule has 6 nitrogen and oxygen atoms in total. The molecule has 118 valence electrons. The number of aromatic nitrogens is 6. The second-order valence-electron chi connectivity index (χ2n) is 5.56. The van der Waals surface area contributed by atoms with Crippen LogP contribution in [0.5, 0.6) is 0 Å². The van der Waals surface area contributed by atoms with Crippen LogP contribution in [0.15, 0.2) is 61.2 Å². The van der Waals surface area contributed by atoms with Crippen molar-refractivity contribution in [3.8, 4) is 17.3 Å². The van der Waals surface area contributed by atoms with Crippen LogP contribution in [0, 0.1) is 6.92 Å². The smallest absolute Gasteiger partial charge is 0.195 e. The zero-order valence-electron chi connectivity index (χ0n) is 13.2. The summed E-state index contributed by atoms with van der Waals surface area (Å²) in [4.78, 5) is 16.1. The Hall–Kier alpha value is -3.28. The molecule has 0 aliphatic heterocycles. The van der Waals surface area contributed by atoms with E-state index in [2.05, 4.69) is 37.2 Å². The Bertz CT molecular complexity index is 955. The first kappa shape index (κ1) is 14.3. The van der Waals surface area contributed by atoms with Crippen molar-refractivity contribution in [2.75, 3.05) is 0 Å². The Kier molecular flexibility index (Phi) is 3.63. The van der Waals surface area contributed by atoms with Gasteiger partial charge in [0.05, 0.1) is 11.4 Å². The molecular weight excluding hydrogens is 300 g/mol. The average molecular weight is 316 g/mol. The minimum Gasteiger partial charge on any atom is -0.342 e. The number of rotatable bonds is 4. The van der Waals surface area contributed by atoms with Gasteiger partial charge in [-0.3, -0.25) is 0 Å². The summed E-state index contributed by atoms with van der Waals surface area (Å²) in [7, 11) is 0. The van der Waals surface area contributed by atoms with Crippen molar-refractivity contribution >= 4 is 0 Å². The molecule has 24 heavy (non-hydrogen) atoms. The van der Waals surface area contributed by atoms with Crippen LogP contribution in [0.1, 0.15) is 17.0 Å². The molecule has 0 unspecified atom stereocenters. The van der Waals surface area contributed by atoms with Gasteiger partial charge < -0.3 is 4.98 Å². The lowest BCUT2D eigenvalue weighted by atomic mass is 10.1. The van der Waals surface area contributed by atoms with Crippen LogP contribution in [0.25, 0.3) is 17.3 Å². The third-order valence-corrected chi connectivity index (χ3v) is 3.71. The number of aromatic amines is 1. The van der Waals surface area contributed by atoms with Gasteiger partial charge in [0.15, 0.2) is 11.6 Å². The topological polar surface area (TPSA) is 72.3 Å². The summed E-state index contributed by atoms with van der Waals surface area (Å²) in [5.74, 6) is 1.29. The molecule has 6 heteroatoms. The fourth-order valence-corrected chi connectivity index (χ4v) is 2.57. The first-order valence-electron chi connectivity index (χ1n) is 7.71. The fraction of sp³-hybridized carbons (Fsp3) is 0.111. The van der Waals surface area contributed by atoms with Crippen molar-refractivity contribution in [2.24, 2.45) is 0 Å². The maximum Gasteiger partial charge on any atom is 0.195 e. The number of benzene rings is 1. The fourth-order valence-electron chi connectivity index (χ4n) is 2.57. The van der Waals surface area contributed by atoms with Gasteiger partial charge in [-0.1, -0.05) is 12.1 Å². The van der Waals surface area contributed by atoms with E-state index in [1.807, 2.05) is 42.1 Å². The Balaban J connectivity index is 1.61. The molecule has 0 amide bonds. The van der Waals surface area contributed by atoms with Crippen LogP contribution < -0.4 is 0 Å². The molecule has 0 fully saturated rings. The standard InChI is InChI=1S/C18H16N6/c1-13-6-10-24(23-13)16-4-2-3-14(12-16)11-15-5-7-19-18(22-15)17-20-8-9-21-17/h2-10,12H,11H2,1H3,(H,20,21). The van der Waals surface area contributed by atoms with Gasteiger partial charge in [0.25, 0.3) is 0 Å². The molecule has 1 N–H and O–H groups in total. The van der Waals surface area contributed by atoms with E-state index in [4.69, 9.17) is 0 Å². The molecule has 0 saturated carbocycles. The minimum atomic E-state index is 0.608. The number of hydrogen-bond donors (Lipinski definition) is 1. The molecule has 0 spiro atoms. The van der Waals surface area contributed by atoms with Crippen molar-refractivity contribution in [3.05, 3.63) is 78.1 Å². The highest BCUT2D eigenvalue weighted by Crippen LogP contribution is 2.15. The van der Waals surface area contributed by atoms with Gasteiger partial charge in [-0.15, -0.1) is 0 Å². The molecule has 0 radical (unpaired) electrons. The summed E-state index contributed by atoms with van der Waals surface area (Å²) in [5.41, 5.74) is 4.16. The van der Waals surface area contributed by atoms with Crippen molar-refractivity contribution < 1.29 is 0 Å². The Morgan fingerprint density at radius 3 is 2.83 bits per heavy atom. The quantitative estimate of drug-likeness (QED) is 0.628. The van der Waals surface area contributed by atoms with Crippen LogP contribution >= 0.6 is 0 Å². The van der Waals surface area contributed by atoms with Gasteiger partial charge >= 0.3 is 0 Å². The number of nitrogens with zero attached hydrogens (tertiary/aromatic N) is 5. The monoisotopic (exact) mass is 316 g/mol. The Morgan fingerprint density at radius 1 is 1.08 bits per heavy atom. The van der Waals surface area contributed by atoms with Crippen LogP contribution in [0.4, 0.5) is 0 Å². The third-order valence-electron chi connectivity index (χ3n) is 3.71. The van der Waals surface area contributed by atoms with E-state index in [-0.39, 0.29) is 0 Å². The largest absolute Gasteiger partial charge is 0.342 e. The van der Waals surface area contributed by atoms with E-state index < -0.39 is 0 Å². The summed E-state index contributed by atoms with van der Waals surface area (Å²) in [6.07, 6.45) is 7.92. The second kappa shape index (κ2) is 6.08. The Labute approximate surface area is 139 Å². The molecule has 0 atom stereocenters. The van der Waals surface area contributed by atoms with Crippen molar-refractivity contribution in [3.63, 3.8) is 0 Å². The van der Waals surface area contributed by atoms with E-state index in [1.165, 1.54) is 5.56 Å². The number of nitrogens with one attached hydrogen (secondary N) is 1. The molecule has 0 saturated heterocycles. The van der Waals surface area contributed by atoms with Gasteiger partial charge in [0.2, 0.25) is 0 Å². The SMILES string of the molecule is Cc1ccn(-c2cccc(Cc3ccnc(-c4ncc[nH]4)n3)c2)n1. The van der Waals surface area contributed by atoms with Crippen LogP contribution in [-0.4, -0.2) is 29.7 Å². The highest BCUT2D eigenvalue weighted by atomic mass is 15.3. The number of aryl methyl sites for hydroxylation is 1. The first-order valence-corrected chi connectivity index (χ1v) is 7.71. The molecule has 4 rings (SSSR count). The molecule has 0 aliphatic rings. The summed E-state index contributed by atoms with van der Waals surface area (Å²) in [5, 5.41) is 4.46. The van der Waals surface area contributed by atoms with Crippen molar-refractivity contribution in [1.29, 1.82) is 0 Å². The maximum absolute atomic E-state index is 4.59. The van der Waals surface area contributed by atoms with Crippen LogP contribution in [-0.2, 0) is 6.42 Å². The summed E-state index contributed by atoms with van der Waals surface area (Å²) in [6.45, 7) is 1.98. The average Bonchev–Trinajstić information content (AvgIpc) is 3.27. The number of hydrogen-bond acceptors (Lipinski definition) is 4. The number of imidazole rings is 1. The predicted molar refractivity (Wildman–Crippen MR) is 90.7 cm³/mol. The van der Waals surface area contributed by atoms with Gasteiger partial charge in [-0.2, -0.15) is 5.10 Å². The molecule has 4 aromatic rings. The second-order valence-corrected chi connectivity index (χ2v) is 5.56. The summed E-state index contributed by atoms with van der Waals surface area (Å²) < 4.78 is 1.88. The van der Waals surface area contributed by atoms with Gasteiger partial charge in [-0.05, 0) is 36.8 Å². The van der Waals surface area contributed by atoms with Crippen LogP contribution in [0.3, 0.4) is 0 Å². The predicted octanol–water partition coefficient (Wildman–Crippen LogP) is 2.95. The molecule has 0 aliphatic carbocycles. The van der Waals surface area contributed by atoms with Gasteiger partial charge in [0, 0.05) is 36.9 Å². The van der Waals surface area contributed by atoms with Crippen molar-refractivity contribution in [2.45, 2.75) is 13.3 Å². The van der Waals surface area contributed by atoms with E-state index >= 15 is 0 Å². The minimum absolute atomic E-state index is 0.608.